The van der Waals surface area contributed by atoms with Crippen LogP contribution >= 0.6 is 0 Å². The van der Waals surface area contributed by atoms with Gasteiger partial charge in [0.05, 0.1) is 12.2 Å². The predicted molar refractivity (Wildman–Crippen MR) is 143 cm³/mol. The highest BCUT2D eigenvalue weighted by Crippen LogP contribution is 2.29. The number of carbonyl (C=O) groups excluding carboxylic acids is 3. The number of nitrogens with two attached hydrogens (primary N) is 1. The Hall–Kier alpha value is -4.17. The van der Waals surface area contributed by atoms with Gasteiger partial charge in [-0.05, 0) is 61.4 Å². The molecule has 0 fully saturated rings. The van der Waals surface area contributed by atoms with Crippen LogP contribution in [0, 0.1) is 13.8 Å². The zero-order valence-corrected chi connectivity index (χ0v) is 21.1. The lowest BCUT2D eigenvalue weighted by Gasteiger charge is -2.27. The lowest BCUT2D eigenvalue weighted by atomic mass is 10.1. The molecule has 36 heavy (non-hydrogen) atoms. The third-order valence-corrected chi connectivity index (χ3v) is 5.76. The van der Waals surface area contributed by atoms with Gasteiger partial charge in [0, 0.05) is 25.5 Å². The Labute approximate surface area is 211 Å². The van der Waals surface area contributed by atoms with Crippen LogP contribution in [0.25, 0.3) is 0 Å². The number of hydrogen-bond acceptors (Lipinski definition) is 5. The van der Waals surface area contributed by atoms with Crippen molar-refractivity contribution in [2.75, 3.05) is 48.5 Å². The van der Waals surface area contributed by atoms with E-state index in [1.165, 1.54) is 14.7 Å². The SMILES string of the molecule is Cc1cc(C)cc(N(C)C(=O)COc2ccccc2N(CC(=O)N(C)c2ccccc2)C(=O)CN)c1. The van der Waals surface area contributed by atoms with E-state index < -0.39 is 5.91 Å². The Balaban J connectivity index is 1.78. The number of aryl methyl sites for hydroxylation is 2. The van der Waals surface area contributed by atoms with Gasteiger partial charge in [-0.2, -0.15) is 0 Å². The van der Waals surface area contributed by atoms with E-state index >= 15 is 0 Å². The Morgan fingerprint density at radius 3 is 1.97 bits per heavy atom. The van der Waals surface area contributed by atoms with E-state index in [0.29, 0.717) is 17.1 Å². The summed E-state index contributed by atoms with van der Waals surface area (Å²) in [6.07, 6.45) is 0. The van der Waals surface area contributed by atoms with Gasteiger partial charge in [-0.15, -0.1) is 0 Å². The van der Waals surface area contributed by atoms with E-state index in [9.17, 15) is 14.4 Å². The van der Waals surface area contributed by atoms with E-state index in [0.717, 1.165) is 16.8 Å². The number of benzene rings is 3. The maximum Gasteiger partial charge on any atom is 0.264 e. The number of nitrogens with zero attached hydrogens (tertiary/aromatic N) is 3. The van der Waals surface area contributed by atoms with Crippen molar-refractivity contribution < 1.29 is 19.1 Å². The molecule has 0 spiro atoms. The van der Waals surface area contributed by atoms with E-state index in [-0.39, 0.29) is 31.5 Å². The van der Waals surface area contributed by atoms with Crippen molar-refractivity contribution in [1.82, 2.24) is 0 Å². The second kappa shape index (κ2) is 12.0. The minimum Gasteiger partial charge on any atom is -0.482 e. The minimum atomic E-state index is -0.445. The largest absolute Gasteiger partial charge is 0.482 e. The molecule has 0 aliphatic heterocycles. The third-order valence-electron chi connectivity index (χ3n) is 5.76. The lowest BCUT2D eigenvalue weighted by Crippen LogP contribution is -2.44. The van der Waals surface area contributed by atoms with Crippen LogP contribution in [0.1, 0.15) is 11.1 Å². The van der Waals surface area contributed by atoms with Crippen molar-refractivity contribution in [3.05, 3.63) is 83.9 Å². The second-order valence-electron chi connectivity index (χ2n) is 8.53. The van der Waals surface area contributed by atoms with Gasteiger partial charge in [0.2, 0.25) is 11.8 Å². The highest BCUT2D eigenvalue weighted by molar-refractivity contribution is 6.04. The number of ether oxygens (including phenoxy) is 1. The molecular formula is C28H32N4O4. The number of para-hydroxylation sites is 3. The lowest BCUT2D eigenvalue weighted by molar-refractivity contribution is -0.121. The highest BCUT2D eigenvalue weighted by atomic mass is 16.5. The van der Waals surface area contributed by atoms with Gasteiger partial charge in [0.25, 0.3) is 5.91 Å². The molecule has 0 bridgehead atoms. The number of anilines is 3. The zero-order chi connectivity index (χ0) is 26.2. The molecule has 0 unspecified atom stereocenters. The van der Waals surface area contributed by atoms with Crippen LogP contribution in [0.5, 0.6) is 5.75 Å². The summed E-state index contributed by atoms with van der Waals surface area (Å²) in [7, 11) is 3.33. The fourth-order valence-corrected chi connectivity index (χ4v) is 3.78. The van der Waals surface area contributed by atoms with Crippen LogP contribution < -0.4 is 25.2 Å². The molecule has 0 saturated heterocycles. The molecule has 8 heteroatoms. The summed E-state index contributed by atoms with van der Waals surface area (Å²) in [5, 5.41) is 0. The molecule has 0 aromatic heterocycles. The van der Waals surface area contributed by atoms with Crippen molar-refractivity contribution >= 4 is 34.8 Å². The van der Waals surface area contributed by atoms with Gasteiger partial charge in [-0.3, -0.25) is 19.3 Å². The summed E-state index contributed by atoms with van der Waals surface area (Å²) < 4.78 is 5.85. The molecule has 0 atom stereocenters. The van der Waals surface area contributed by atoms with Crippen LogP contribution in [0.3, 0.4) is 0 Å². The molecule has 188 valence electrons. The van der Waals surface area contributed by atoms with E-state index in [2.05, 4.69) is 0 Å². The maximum atomic E-state index is 13.0. The number of carbonyl (C=O) groups is 3. The maximum absolute atomic E-state index is 13.0. The van der Waals surface area contributed by atoms with Crippen LogP contribution in [0.4, 0.5) is 17.1 Å². The first-order chi connectivity index (χ1) is 17.2. The van der Waals surface area contributed by atoms with Gasteiger partial charge in [-0.25, -0.2) is 0 Å². The summed E-state index contributed by atoms with van der Waals surface area (Å²) in [4.78, 5) is 42.9. The minimum absolute atomic E-state index is 0.238. The Morgan fingerprint density at radius 2 is 1.33 bits per heavy atom. The number of hydrogen-bond donors (Lipinski definition) is 1. The number of likely N-dealkylation sites (N-methyl/N-ethyl adjacent to an activating group) is 2. The Kier molecular flexibility index (Phi) is 8.81. The van der Waals surface area contributed by atoms with Crippen molar-refractivity contribution in [3.8, 4) is 5.75 Å². The molecule has 3 aromatic rings. The molecule has 3 amide bonds. The zero-order valence-electron chi connectivity index (χ0n) is 21.1. The molecule has 0 saturated carbocycles. The van der Waals surface area contributed by atoms with Gasteiger partial charge in [-0.1, -0.05) is 36.4 Å². The predicted octanol–water partition coefficient (Wildman–Crippen LogP) is 3.30. The summed E-state index contributed by atoms with van der Waals surface area (Å²) in [5.74, 6) is -0.703. The summed E-state index contributed by atoms with van der Waals surface area (Å²) in [5.41, 5.74) is 9.60. The van der Waals surface area contributed by atoms with Gasteiger partial charge < -0.3 is 20.3 Å². The van der Waals surface area contributed by atoms with Gasteiger partial charge in [0.15, 0.2) is 6.61 Å². The normalized spacial score (nSPS) is 10.5. The van der Waals surface area contributed by atoms with Crippen molar-refractivity contribution in [3.63, 3.8) is 0 Å². The smallest absolute Gasteiger partial charge is 0.264 e. The van der Waals surface area contributed by atoms with E-state index in [1.54, 1.807) is 38.4 Å². The summed E-state index contributed by atoms with van der Waals surface area (Å²) in [6.45, 7) is 3.18. The monoisotopic (exact) mass is 488 g/mol. The fourth-order valence-electron chi connectivity index (χ4n) is 3.78. The van der Waals surface area contributed by atoms with Crippen molar-refractivity contribution in [1.29, 1.82) is 0 Å². The first-order valence-corrected chi connectivity index (χ1v) is 11.6. The van der Waals surface area contributed by atoms with Crippen LogP contribution in [0.15, 0.2) is 72.8 Å². The Bertz CT molecular complexity index is 1210. The quantitative estimate of drug-likeness (QED) is 0.499. The van der Waals surface area contributed by atoms with Gasteiger partial charge in [0.1, 0.15) is 12.3 Å². The molecular weight excluding hydrogens is 456 g/mol. The molecule has 3 rings (SSSR count). The average Bonchev–Trinajstić information content (AvgIpc) is 2.89. The number of rotatable bonds is 9. The average molecular weight is 489 g/mol. The van der Waals surface area contributed by atoms with Crippen LogP contribution in [-0.4, -0.2) is 51.5 Å². The van der Waals surface area contributed by atoms with Crippen LogP contribution in [-0.2, 0) is 14.4 Å². The Morgan fingerprint density at radius 1 is 0.750 bits per heavy atom. The van der Waals surface area contributed by atoms with Crippen molar-refractivity contribution in [2.24, 2.45) is 5.73 Å². The highest BCUT2D eigenvalue weighted by Gasteiger charge is 2.24. The molecule has 0 radical (unpaired) electrons. The topological polar surface area (TPSA) is 96.2 Å². The molecule has 2 N–H and O–H groups in total. The second-order valence-corrected chi connectivity index (χ2v) is 8.53. The molecule has 0 heterocycles. The van der Waals surface area contributed by atoms with E-state index in [4.69, 9.17) is 10.5 Å². The summed E-state index contributed by atoms with van der Waals surface area (Å²) in [6, 6.07) is 21.8. The van der Waals surface area contributed by atoms with E-state index in [1.807, 2.05) is 62.4 Å². The standard InChI is InChI=1S/C28H32N4O4/c1-20-14-21(2)16-23(15-20)31(4)28(35)19-36-25-13-9-8-12-24(25)32(26(33)17-29)18-27(34)30(3)22-10-6-5-7-11-22/h5-16H,17-19,29H2,1-4H3. The summed E-state index contributed by atoms with van der Waals surface area (Å²) >= 11 is 0. The molecule has 0 aliphatic rings. The van der Waals surface area contributed by atoms with Crippen LogP contribution in [0.2, 0.25) is 0 Å². The van der Waals surface area contributed by atoms with Gasteiger partial charge >= 0.3 is 0 Å². The molecule has 8 nitrogen and oxygen atoms in total. The third kappa shape index (κ3) is 6.49. The first kappa shape index (κ1) is 26.4. The molecule has 3 aromatic carbocycles. The fraction of sp³-hybridized carbons (Fsp3) is 0.250. The first-order valence-electron chi connectivity index (χ1n) is 11.6. The number of amides is 3. The van der Waals surface area contributed by atoms with Crippen molar-refractivity contribution in [2.45, 2.75) is 13.8 Å². The molecule has 0 aliphatic carbocycles.